The van der Waals surface area contributed by atoms with E-state index in [9.17, 15) is 9.18 Å². The lowest BCUT2D eigenvalue weighted by molar-refractivity contribution is 0.0956. The van der Waals surface area contributed by atoms with Crippen LogP contribution < -0.4 is 10.1 Å². The van der Waals surface area contributed by atoms with Crippen molar-refractivity contribution in [3.63, 3.8) is 0 Å². The predicted molar refractivity (Wildman–Crippen MR) is 72.1 cm³/mol. The Kier molecular flexibility index (Phi) is 4.55. The van der Waals surface area contributed by atoms with Gasteiger partial charge in [-0.3, -0.25) is 4.79 Å². The normalized spacial score (nSPS) is 15.5. The number of aryl methyl sites for hydroxylation is 1. The van der Waals surface area contributed by atoms with Gasteiger partial charge >= 0.3 is 0 Å². The van der Waals surface area contributed by atoms with Gasteiger partial charge < -0.3 is 10.1 Å². The molecule has 2 rings (SSSR count). The number of benzene rings is 1. The molecular weight excluding hydrogens is 245 g/mol. The van der Waals surface area contributed by atoms with Crippen LogP contribution in [0.2, 0.25) is 0 Å². The Morgan fingerprint density at radius 2 is 2.37 bits per heavy atom. The quantitative estimate of drug-likeness (QED) is 0.906. The van der Waals surface area contributed by atoms with Crippen LogP contribution >= 0.6 is 0 Å². The number of fused-ring (bicyclic) bond motifs is 1. The Balaban J connectivity index is 2.12. The third-order valence-electron chi connectivity index (χ3n) is 3.26. The van der Waals surface area contributed by atoms with Crippen molar-refractivity contribution in [3.8, 4) is 5.75 Å². The molecule has 4 heteroatoms. The van der Waals surface area contributed by atoms with E-state index in [0.717, 1.165) is 18.4 Å². The molecule has 3 nitrogen and oxygen atoms in total. The first-order chi connectivity index (χ1) is 9.24. The smallest absolute Gasteiger partial charge is 0.251 e. The maximum Gasteiger partial charge on any atom is 0.251 e. The van der Waals surface area contributed by atoms with Crippen LogP contribution in [0.3, 0.4) is 0 Å². The van der Waals surface area contributed by atoms with E-state index in [-0.39, 0.29) is 12.5 Å². The van der Waals surface area contributed by atoms with E-state index < -0.39 is 0 Å². The van der Waals surface area contributed by atoms with Crippen molar-refractivity contribution in [2.75, 3.05) is 13.2 Å². The minimum atomic E-state index is -0.0306. The highest BCUT2D eigenvalue weighted by Crippen LogP contribution is 2.21. The minimum Gasteiger partial charge on any atom is -0.489 e. The van der Waals surface area contributed by atoms with Gasteiger partial charge in [0, 0.05) is 12.1 Å². The SMILES string of the molecule is CCC(=CF)COc1ccc2c(c1)CCCNC2=O. The van der Waals surface area contributed by atoms with E-state index in [1.165, 1.54) is 0 Å². The lowest BCUT2D eigenvalue weighted by atomic mass is 10.0. The first-order valence-electron chi connectivity index (χ1n) is 6.56. The Morgan fingerprint density at radius 3 is 3.11 bits per heavy atom. The molecule has 0 unspecified atom stereocenters. The van der Waals surface area contributed by atoms with Crippen molar-refractivity contribution in [2.24, 2.45) is 0 Å². The first kappa shape index (κ1) is 13.6. The van der Waals surface area contributed by atoms with Crippen molar-refractivity contribution < 1.29 is 13.9 Å². The molecule has 1 aromatic carbocycles. The monoisotopic (exact) mass is 263 g/mol. The van der Waals surface area contributed by atoms with Gasteiger partial charge in [0.05, 0.1) is 6.33 Å². The van der Waals surface area contributed by atoms with Crippen molar-refractivity contribution in [3.05, 3.63) is 41.2 Å². The minimum absolute atomic E-state index is 0.0306. The summed E-state index contributed by atoms with van der Waals surface area (Å²) in [7, 11) is 0. The predicted octanol–water partition coefficient (Wildman–Crippen LogP) is 3.00. The summed E-state index contributed by atoms with van der Waals surface area (Å²) in [6.45, 7) is 2.84. The Labute approximate surface area is 112 Å². The number of carbonyl (C=O) groups is 1. The van der Waals surface area contributed by atoms with Gasteiger partial charge in [0.15, 0.2) is 0 Å². The Hall–Kier alpha value is -1.84. The molecule has 0 bridgehead atoms. The van der Waals surface area contributed by atoms with Crippen LogP contribution in [0.25, 0.3) is 0 Å². The number of amides is 1. The average molecular weight is 263 g/mol. The standard InChI is InChI=1S/C15H18FNO2/c1-2-11(9-16)10-19-13-5-6-14-12(8-13)4-3-7-17-15(14)18/h5-6,8-9H,2-4,7,10H2,1H3,(H,17,18). The van der Waals surface area contributed by atoms with Crippen LogP contribution in [0, 0.1) is 0 Å². The summed E-state index contributed by atoms with van der Waals surface area (Å²) in [5, 5.41) is 2.85. The topological polar surface area (TPSA) is 38.3 Å². The van der Waals surface area contributed by atoms with E-state index in [1.54, 1.807) is 12.1 Å². The number of ether oxygens (including phenoxy) is 1. The molecule has 102 valence electrons. The van der Waals surface area contributed by atoms with Gasteiger partial charge in [-0.1, -0.05) is 6.92 Å². The number of rotatable bonds is 4. The van der Waals surface area contributed by atoms with Crippen LogP contribution in [0.4, 0.5) is 4.39 Å². The molecule has 0 saturated heterocycles. The van der Waals surface area contributed by atoms with Crippen LogP contribution in [0.5, 0.6) is 5.75 Å². The molecule has 1 heterocycles. The van der Waals surface area contributed by atoms with Crippen molar-refractivity contribution in [1.82, 2.24) is 5.32 Å². The summed E-state index contributed by atoms with van der Waals surface area (Å²) in [5.41, 5.74) is 2.32. The molecule has 0 fully saturated rings. The van der Waals surface area contributed by atoms with Gasteiger partial charge in [-0.05, 0) is 48.6 Å². The molecule has 19 heavy (non-hydrogen) atoms. The molecule has 0 spiro atoms. The molecule has 1 amide bonds. The van der Waals surface area contributed by atoms with Gasteiger partial charge in [-0.2, -0.15) is 0 Å². The number of halogens is 1. The van der Waals surface area contributed by atoms with Gasteiger partial charge in [-0.25, -0.2) is 4.39 Å². The molecule has 0 aliphatic carbocycles. The summed E-state index contributed by atoms with van der Waals surface area (Å²) < 4.78 is 18.0. The molecular formula is C15H18FNO2. The van der Waals surface area contributed by atoms with E-state index >= 15 is 0 Å². The zero-order chi connectivity index (χ0) is 13.7. The Morgan fingerprint density at radius 1 is 1.53 bits per heavy atom. The third-order valence-corrected chi connectivity index (χ3v) is 3.26. The third kappa shape index (κ3) is 3.34. The van der Waals surface area contributed by atoms with Gasteiger partial charge in [0.1, 0.15) is 12.4 Å². The second-order valence-corrected chi connectivity index (χ2v) is 4.59. The summed E-state index contributed by atoms with van der Waals surface area (Å²) in [5.74, 6) is 0.651. The summed E-state index contributed by atoms with van der Waals surface area (Å²) in [6.07, 6.45) is 3.00. The number of carbonyl (C=O) groups excluding carboxylic acids is 1. The Bertz CT molecular complexity index is 497. The van der Waals surface area contributed by atoms with Gasteiger partial charge in [0.25, 0.3) is 5.91 Å². The second kappa shape index (κ2) is 6.36. The fourth-order valence-corrected chi connectivity index (χ4v) is 2.05. The highest BCUT2D eigenvalue weighted by molar-refractivity contribution is 5.96. The number of nitrogens with one attached hydrogen (secondary N) is 1. The number of hydrogen-bond donors (Lipinski definition) is 1. The highest BCUT2D eigenvalue weighted by Gasteiger charge is 2.15. The molecule has 0 saturated carbocycles. The molecule has 1 N–H and O–H groups in total. The summed E-state index contributed by atoms with van der Waals surface area (Å²) >= 11 is 0. The lowest BCUT2D eigenvalue weighted by Gasteiger charge is -2.10. The maximum absolute atomic E-state index is 12.4. The van der Waals surface area contributed by atoms with E-state index in [2.05, 4.69) is 5.32 Å². The first-order valence-corrected chi connectivity index (χ1v) is 6.56. The van der Waals surface area contributed by atoms with Crippen molar-refractivity contribution >= 4 is 5.91 Å². The lowest BCUT2D eigenvalue weighted by Crippen LogP contribution is -2.22. The van der Waals surface area contributed by atoms with E-state index in [0.29, 0.717) is 36.2 Å². The summed E-state index contributed by atoms with van der Waals surface area (Å²) in [6, 6.07) is 5.41. The second-order valence-electron chi connectivity index (χ2n) is 4.59. The van der Waals surface area contributed by atoms with Gasteiger partial charge in [0.2, 0.25) is 0 Å². The van der Waals surface area contributed by atoms with Crippen molar-refractivity contribution in [2.45, 2.75) is 26.2 Å². The molecule has 1 aromatic rings. The van der Waals surface area contributed by atoms with Gasteiger partial charge in [-0.15, -0.1) is 0 Å². The fourth-order valence-electron chi connectivity index (χ4n) is 2.05. The zero-order valence-electron chi connectivity index (χ0n) is 11.0. The highest BCUT2D eigenvalue weighted by atomic mass is 19.1. The van der Waals surface area contributed by atoms with Crippen LogP contribution in [-0.4, -0.2) is 19.1 Å². The van der Waals surface area contributed by atoms with Crippen LogP contribution in [0.15, 0.2) is 30.1 Å². The average Bonchev–Trinajstić information content (AvgIpc) is 2.62. The fraction of sp³-hybridized carbons (Fsp3) is 0.400. The zero-order valence-corrected chi connectivity index (χ0v) is 11.0. The van der Waals surface area contributed by atoms with E-state index in [4.69, 9.17) is 4.74 Å². The summed E-state index contributed by atoms with van der Waals surface area (Å²) in [4.78, 5) is 11.8. The largest absolute Gasteiger partial charge is 0.489 e. The molecule has 1 aliphatic rings. The van der Waals surface area contributed by atoms with Crippen LogP contribution in [-0.2, 0) is 6.42 Å². The molecule has 0 atom stereocenters. The number of hydrogen-bond acceptors (Lipinski definition) is 2. The maximum atomic E-state index is 12.4. The van der Waals surface area contributed by atoms with Crippen molar-refractivity contribution in [1.29, 1.82) is 0 Å². The van der Waals surface area contributed by atoms with Crippen LogP contribution in [0.1, 0.15) is 35.7 Å². The molecule has 0 aromatic heterocycles. The molecule has 0 radical (unpaired) electrons. The molecule has 1 aliphatic heterocycles. The van der Waals surface area contributed by atoms with E-state index in [1.807, 2.05) is 13.0 Å².